The average molecular weight is 331 g/mol. The molecule has 2 unspecified atom stereocenters. The highest BCUT2D eigenvalue weighted by Gasteiger charge is 2.46. The van der Waals surface area contributed by atoms with Crippen LogP contribution < -0.4 is 4.74 Å². The van der Waals surface area contributed by atoms with Crippen LogP contribution in [-0.4, -0.2) is 22.2 Å². The van der Waals surface area contributed by atoms with Gasteiger partial charge in [-0.3, -0.25) is 10.1 Å². The first-order valence-electron chi connectivity index (χ1n) is 8.68. The van der Waals surface area contributed by atoms with E-state index in [4.69, 9.17) is 4.74 Å². The van der Waals surface area contributed by atoms with Crippen LogP contribution in [0.1, 0.15) is 64.0 Å². The second-order valence-corrected chi connectivity index (χ2v) is 7.49. The maximum absolute atomic E-state index is 11.7. The highest BCUT2D eigenvalue weighted by molar-refractivity contribution is 5.84. The molecular formula is C19H25NO4. The van der Waals surface area contributed by atoms with E-state index in [1.807, 2.05) is 0 Å². The Morgan fingerprint density at radius 2 is 2.08 bits per heavy atom. The first kappa shape index (κ1) is 17.0. The number of nitrogens with zero attached hydrogens (tertiary/aromatic N) is 1. The van der Waals surface area contributed by atoms with E-state index in [9.17, 15) is 15.2 Å². The zero-order valence-corrected chi connectivity index (χ0v) is 14.6. The van der Waals surface area contributed by atoms with Gasteiger partial charge in [-0.1, -0.05) is 39.2 Å². The Morgan fingerprint density at radius 1 is 1.33 bits per heavy atom. The molecule has 2 aliphatic rings. The highest BCUT2D eigenvalue weighted by atomic mass is 16.6. The van der Waals surface area contributed by atoms with Gasteiger partial charge in [-0.15, -0.1) is 0 Å². The molecule has 2 atom stereocenters. The third-order valence-electron chi connectivity index (χ3n) is 5.39. The Morgan fingerprint density at radius 3 is 2.75 bits per heavy atom. The molecule has 3 rings (SSSR count). The molecule has 0 fully saturated rings. The van der Waals surface area contributed by atoms with Gasteiger partial charge in [-0.25, -0.2) is 0 Å². The Kier molecular flexibility index (Phi) is 4.16. The van der Waals surface area contributed by atoms with Gasteiger partial charge in [0.1, 0.15) is 18.0 Å². The fraction of sp³-hybridized carbons (Fsp3) is 0.579. The molecule has 0 aromatic heterocycles. The molecule has 5 heteroatoms. The van der Waals surface area contributed by atoms with Gasteiger partial charge >= 0.3 is 0 Å². The lowest BCUT2D eigenvalue weighted by Crippen LogP contribution is -2.41. The number of hydrogen-bond acceptors (Lipinski definition) is 4. The largest absolute Gasteiger partial charge is 0.490 e. The van der Waals surface area contributed by atoms with Crippen LogP contribution in [0.5, 0.6) is 5.75 Å². The van der Waals surface area contributed by atoms with Crippen molar-refractivity contribution in [2.45, 2.75) is 63.9 Å². The predicted molar refractivity (Wildman–Crippen MR) is 93.3 cm³/mol. The fourth-order valence-electron chi connectivity index (χ4n) is 4.03. The first-order chi connectivity index (χ1) is 11.3. The molecule has 5 nitrogen and oxygen atoms in total. The van der Waals surface area contributed by atoms with Gasteiger partial charge in [-0.2, -0.15) is 0 Å². The summed E-state index contributed by atoms with van der Waals surface area (Å²) in [6.45, 7) is 6.14. The van der Waals surface area contributed by atoms with Crippen molar-refractivity contribution in [1.82, 2.24) is 0 Å². The smallest absolute Gasteiger partial charge is 0.274 e. The van der Waals surface area contributed by atoms with Crippen LogP contribution in [0.3, 0.4) is 0 Å². The van der Waals surface area contributed by atoms with Crippen LogP contribution in [0.25, 0.3) is 5.57 Å². The van der Waals surface area contributed by atoms with Gasteiger partial charge in [0.15, 0.2) is 0 Å². The van der Waals surface area contributed by atoms with E-state index >= 15 is 0 Å². The van der Waals surface area contributed by atoms with Crippen LogP contribution in [0.4, 0.5) is 5.69 Å². The molecule has 1 heterocycles. The van der Waals surface area contributed by atoms with Crippen molar-refractivity contribution in [3.8, 4) is 5.75 Å². The van der Waals surface area contributed by atoms with E-state index in [2.05, 4.69) is 19.9 Å². The highest BCUT2D eigenvalue weighted by Crippen LogP contribution is 2.53. The maximum Gasteiger partial charge on any atom is 0.274 e. The first-order valence-corrected chi connectivity index (χ1v) is 8.68. The molecule has 24 heavy (non-hydrogen) atoms. The lowest BCUT2D eigenvalue weighted by molar-refractivity contribution is -0.386. The molecule has 0 saturated heterocycles. The minimum absolute atomic E-state index is 0.139. The number of nitro benzene ring substituents is 1. The van der Waals surface area contributed by atoms with Gasteiger partial charge in [-0.05, 0) is 31.4 Å². The summed E-state index contributed by atoms with van der Waals surface area (Å²) in [6, 6.07) is 3.22. The Balaban J connectivity index is 2.19. The number of hydrogen-bond donors (Lipinski definition) is 1. The number of allylic oxidation sites excluding steroid dienone is 1. The third-order valence-corrected chi connectivity index (χ3v) is 5.39. The Hall–Kier alpha value is -1.88. The third kappa shape index (κ3) is 2.61. The lowest BCUT2D eigenvalue weighted by Gasteiger charge is -2.42. The summed E-state index contributed by atoms with van der Waals surface area (Å²) in [4.78, 5) is 11.4. The molecule has 0 spiro atoms. The summed E-state index contributed by atoms with van der Waals surface area (Å²) in [6.07, 6.45) is 6.93. The normalized spacial score (nSPS) is 27.9. The molecule has 1 aromatic carbocycles. The fourth-order valence-corrected chi connectivity index (χ4v) is 4.03. The summed E-state index contributed by atoms with van der Waals surface area (Å²) in [5, 5.41) is 22.3. The van der Waals surface area contributed by atoms with Gasteiger partial charge in [0.25, 0.3) is 5.69 Å². The number of unbranched alkanes of at least 4 members (excludes halogenated alkanes) is 2. The van der Waals surface area contributed by atoms with Crippen molar-refractivity contribution >= 4 is 11.3 Å². The van der Waals surface area contributed by atoms with Crippen LogP contribution in [0, 0.1) is 10.1 Å². The number of nitro groups is 1. The van der Waals surface area contributed by atoms with Gasteiger partial charge in [0.2, 0.25) is 0 Å². The standard InChI is InChI=1S/C19H25NO4/c1-4-5-6-10-18(2)11-9-13-16-15(24-12-19(13,3)21)8-7-14(17(16)18)20(22)23/h7-9,21H,4-6,10-12H2,1-3H3. The summed E-state index contributed by atoms with van der Waals surface area (Å²) in [7, 11) is 0. The number of benzene rings is 1. The molecule has 1 aromatic rings. The number of rotatable bonds is 5. The second kappa shape index (κ2) is 5.88. The van der Waals surface area contributed by atoms with Gasteiger partial charge in [0, 0.05) is 22.6 Å². The summed E-state index contributed by atoms with van der Waals surface area (Å²) in [5.74, 6) is 0.648. The molecule has 0 amide bonds. The van der Waals surface area contributed by atoms with Crippen molar-refractivity contribution in [1.29, 1.82) is 0 Å². The van der Waals surface area contributed by atoms with E-state index < -0.39 is 5.60 Å². The van der Waals surface area contributed by atoms with Crippen LogP contribution >= 0.6 is 0 Å². The maximum atomic E-state index is 11.7. The van der Waals surface area contributed by atoms with E-state index in [1.165, 1.54) is 0 Å². The van der Waals surface area contributed by atoms with Crippen molar-refractivity contribution < 1.29 is 14.8 Å². The van der Waals surface area contributed by atoms with Crippen molar-refractivity contribution in [3.05, 3.63) is 39.4 Å². The SMILES string of the molecule is CCCCCC1(C)CC=C2c3c(ccc([N+](=O)[O-])c31)OCC2(C)O. The number of ether oxygens (including phenoxy) is 1. The molecular weight excluding hydrogens is 306 g/mol. The minimum Gasteiger partial charge on any atom is -0.490 e. The van der Waals surface area contributed by atoms with E-state index in [0.29, 0.717) is 12.2 Å². The zero-order valence-electron chi connectivity index (χ0n) is 14.6. The van der Waals surface area contributed by atoms with Gasteiger partial charge in [0.05, 0.1) is 4.92 Å². The van der Waals surface area contributed by atoms with Crippen LogP contribution in [0.15, 0.2) is 18.2 Å². The Bertz CT molecular complexity index is 708. The van der Waals surface area contributed by atoms with E-state index in [0.717, 1.165) is 42.4 Å². The summed E-state index contributed by atoms with van der Waals surface area (Å²) < 4.78 is 5.73. The molecule has 1 aliphatic heterocycles. The molecule has 0 bridgehead atoms. The molecule has 0 radical (unpaired) electrons. The quantitative estimate of drug-likeness (QED) is 0.494. The summed E-state index contributed by atoms with van der Waals surface area (Å²) in [5.41, 5.74) is 0.976. The zero-order chi connectivity index (χ0) is 17.5. The van der Waals surface area contributed by atoms with E-state index in [1.54, 1.807) is 19.1 Å². The molecule has 1 aliphatic carbocycles. The van der Waals surface area contributed by atoms with Crippen molar-refractivity contribution in [3.63, 3.8) is 0 Å². The lowest BCUT2D eigenvalue weighted by atomic mass is 9.65. The van der Waals surface area contributed by atoms with Gasteiger partial charge < -0.3 is 9.84 Å². The molecule has 130 valence electrons. The van der Waals surface area contributed by atoms with Crippen molar-refractivity contribution in [2.24, 2.45) is 0 Å². The second-order valence-electron chi connectivity index (χ2n) is 7.49. The predicted octanol–water partition coefficient (Wildman–Crippen LogP) is 4.36. The Labute approximate surface area is 142 Å². The average Bonchev–Trinajstić information content (AvgIpc) is 2.52. The minimum atomic E-state index is -1.11. The van der Waals surface area contributed by atoms with Crippen LogP contribution in [0.2, 0.25) is 0 Å². The molecule has 0 saturated carbocycles. The monoisotopic (exact) mass is 331 g/mol. The topological polar surface area (TPSA) is 72.6 Å². The summed E-state index contributed by atoms with van der Waals surface area (Å²) >= 11 is 0. The molecule has 1 N–H and O–H groups in total. The van der Waals surface area contributed by atoms with Crippen LogP contribution in [-0.2, 0) is 5.41 Å². The number of aliphatic hydroxyl groups is 1. The van der Waals surface area contributed by atoms with E-state index in [-0.39, 0.29) is 22.6 Å². The van der Waals surface area contributed by atoms with Crippen molar-refractivity contribution in [2.75, 3.05) is 6.61 Å².